The molecule has 0 radical (unpaired) electrons. The summed E-state index contributed by atoms with van der Waals surface area (Å²) in [7, 11) is 0. The van der Waals surface area contributed by atoms with Crippen LogP contribution in [0.25, 0.3) is 0 Å². The van der Waals surface area contributed by atoms with Gasteiger partial charge in [0.15, 0.2) is 0 Å². The Kier molecular flexibility index (Phi) is 4.06. The molecule has 3 nitrogen and oxygen atoms in total. The summed E-state index contributed by atoms with van der Waals surface area (Å²) in [6.07, 6.45) is 7.45. The number of hydrogen-bond donors (Lipinski definition) is 1. The maximum Gasteiger partial charge on any atom is 0.244 e. The molecule has 1 heterocycles. The van der Waals surface area contributed by atoms with Gasteiger partial charge in [-0.25, -0.2) is 0 Å². The first-order valence-corrected chi connectivity index (χ1v) is 7.88. The highest BCUT2D eigenvalue weighted by Crippen LogP contribution is 2.36. The number of carbonyl (C=O) groups is 1. The van der Waals surface area contributed by atoms with Gasteiger partial charge in [0, 0.05) is 12.6 Å². The molecule has 0 bridgehead atoms. The first-order valence-electron chi connectivity index (χ1n) is 7.88. The maximum atomic E-state index is 12.8. The average Bonchev–Trinajstić information content (AvgIpc) is 2.54. The van der Waals surface area contributed by atoms with E-state index in [1.807, 2.05) is 30.3 Å². The molecule has 1 saturated carbocycles. The van der Waals surface area contributed by atoms with Gasteiger partial charge in [0.05, 0.1) is 0 Å². The van der Waals surface area contributed by atoms with E-state index < -0.39 is 6.04 Å². The molecule has 0 aromatic heterocycles. The van der Waals surface area contributed by atoms with Crippen LogP contribution in [0.2, 0.25) is 0 Å². The predicted molar refractivity (Wildman–Crippen MR) is 80.1 cm³/mol. The van der Waals surface area contributed by atoms with Crippen molar-refractivity contribution in [3.8, 4) is 0 Å². The van der Waals surface area contributed by atoms with Crippen LogP contribution in [-0.4, -0.2) is 23.4 Å². The van der Waals surface area contributed by atoms with Gasteiger partial charge in [-0.1, -0.05) is 43.2 Å². The fourth-order valence-corrected chi connectivity index (χ4v) is 3.88. The van der Waals surface area contributed by atoms with E-state index in [4.69, 9.17) is 5.73 Å². The van der Waals surface area contributed by atoms with Crippen molar-refractivity contribution < 1.29 is 4.79 Å². The van der Waals surface area contributed by atoms with Gasteiger partial charge in [-0.15, -0.1) is 0 Å². The molecule has 2 aliphatic rings. The Bertz CT molecular complexity index is 457. The highest BCUT2D eigenvalue weighted by molar-refractivity contribution is 5.83. The van der Waals surface area contributed by atoms with Crippen molar-refractivity contribution in [3.05, 3.63) is 35.9 Å². The lowest BCUT2D eigenvalue weighted by atomic mass is 9.78. The number of nitrogens with two attached hydrogens (primary N) is 1. The molecular weight excluding hydrogens is 248 g/mol. The molecule has 2 N–H and O–H groups in total. The van der Waals surface area contributed by atoms with Crippen LogP contribution >= 0.6 is 0 Å². The number of piperidine rings is 1. The second kappa shape index (κ2) is 5.96. The van der Waals surface area contributed by atoms with E-state index in [0.29, 0.717) is 12.0 Å². The van der Waals surface area contributed by atoms with E-state index in [2.05, 4.69) is 4.90 Å². The monoisotopic (exact) mass is 272 g/mol. The van der Waals surface area contributed by atoms with Crippen LogP contribution in [0.5, 0.6) is 0 Å². The summed E-state index contributed by atoms with van der Waals surface area (Å²) in [6, 6.07) is 9.69. The largest absolute Gasteiger partial charge is 0.338 e. The summed E-state index contributed by atoms with van der Waals surface area (Å²) in [5, 5.41) is 0. The topological polar surface area (TPSA) is 46.3 Å². The zero-order valence-corrected chi connectivity index (χ0v) is 12.0. The highest BCUT2D eigenvalue weighted by atomic mass is 16.2. The second-order valence-electron chi connectivity index (χ2n) is 6.17. The van der Waals surface area contributed by atoms with E-state index in [1.54, 1.807) is 0 Å². The minimum absolute atomic E-state index is 0.118. The molecule has 1 amide bonds. The Morgan fingerprint density at radius 3 is 2.60 bits per heavy atom. The molecule has 108 valence electrons. The minimum Gasteiger partial charge on any atom is -0.338 e. The lowest BCUT2D eigenvalue weighted by Gasteiger charge is -2.45. The van der Waals surface area contributed by atoms with Crippen molar-refractivity contribution in [3.63, 3.8) is 0 Å². The summed E-state index contributed by atoms with van der Waals surface area (Å²) in [5.41, 5.74) is 7.13. The van der Waals surface area contributed by atoms with Crippen molar-refractivity contribution in [1.29, 1.82) is 0 Å². The zero-order chi connectivity index (χ0) is 13.9. The standard InChI is InChI=1S/C17H24N2O/c18-16(14-8-2-1-3-9-14)17(20)19-12-6-10-13-7-4-5-11-15(13)19/h1-3,8-9,13,15-16H,4-7,10-12,18H2/t13-,15-,16?/m1/s1. The van der Waals surface area contributed by atoms with Crippen LogP contribution < -0.4 is 5.73 Å². The summed E-state index contributed by atoms with van der Waals surface area (Å²) < 4.78 is 0. The Labute approximate surface area is 121 Å². The fraction of sp³-hybridized carbons (Fsp3) is 0.588. The highest BCUT2D eigenvalue weighted by Gasteiger charge is 2.37. The number of rotatable bonds is 2. The van der Waals surface area contributed by atoms with Crippen LogP contribution in [0.1, 0.15) is 50.1 Å². The predicted octanol–water partition coefficient (Wildman–Crippen LogP) is 2.87. The first-order chi connectivity index (χ1) is 9.77. The first kappa shape index (κ1) is 13.6. The van der Waals surface area contributed by atoms with Crippen molar-refractivity contribution in [2.75, 3.05) is 6.54 Å². The second-order valence-corrected chi connectivity index (χ2v) is 6.17. The molecule has 1 saturated heterocycles. The van der Waals surface area contributed by atoms with Crippen LogP contribution in [0.15, 0.2) is 30.3 Å². The van der Waals surface area contributed by atoms with Gasteiger partial charge in [-0.05, 0) is 37.2 Å². The van der Waals surface area contributed by atoms with Crippen LogP contribution in [0, 0.1) is 5.92 Å². The molecule has 3 rings (SSSR count). The van der Waals surface area contributed by atoms with Crippen molar-refractivity contribution >= 4 is 5.91 Å². The number of nitrogens with zero attached hydrogens (tertiary/aromatic N) is 1. The SMILES string of the molecule is NC(C(=O)N1CCC[C@H]2CCCC[C@H]21)c1ccccc1. The molecule has 1 unspecified atom stereocenters. The lowest BCUT2D eigenvalue weighted by Crippen LogP contribution is -2.52. The van der Waals surface area contributed by atoms with Gasteiger partial charge in [0.1, 0.15) is 6.04 Å². The molecule has 1 aliphatic carbocycles. The number of fused-ring (bicyclic) bond motifs is 1. The number of likely N-dealkylation sites (tertiary alicyclic amines) is 1. The van der Waals surface area contributed by atoms with E-state index in [0.717, 1.165) is 24.9 Å². The van der Waals surface area contributed by atoms with E-state index in [1.165, 1.54) is 25.7 Å². The van der Waals surface area contributed by atoms with Gasteiger partial charge < -0.3 is 10.6 Å². The van der Waals surface area contributed by atoms with Gasteiger partial charge in [0.2, 0.25) is 5.91 Å². The molecule has 0 spiro atoms. The summed E-state index contributed by atoms with van der Waals surface area (Å²) >= 11 is 0. The van der Waals surface area contributed by atoms with Crippen LogP contribution in [0.3, 0.4) is 0 Å². The van der Waals surface area contributed by atoms with Gasteiger partial charge >= 0.3 is 0 Å². The third-order valence-electron chi connectivity index (χ3n) is 4.95. The fourth-order valence-electron chi connectivity index (χ4n) is 3.88. The third-order valence-corrected chi connectivity index (χ3v) is 4.95. The number of amides is 1. The van der Waals surface area contributed by atoms with Gasteiger partial charge in [-0.3, -0.25) is 4.79 Å². The summed E-state index contributed by atoms with van der Waals surface area (Å²) in [4.78, 5) is 14.8. The van der Waals surface area contributed by atoms with Crippen molar-refractivity contribution in [1.82, 2.24) is 4.90 Å². The van der Waals surface area contributed by atoms with Crippen molar-refractivity contribution in [2.45, 2.75) is 50.6 Å². The molecule has 20 heavy (non-hydrogen) atoms. The smallest absolute Gasteiger partial charge is 0.244 e. The average molecular weight is 272 g/mol. The van der Waals surface area contributed by atoms with Crippen LogP contribution in [-0.2, 0) is 4.79 Å². The van der Waals surface area contributed by atoms with Gasteiger partial charge in [0.25, 0.3) is 0 Å². The molecule has 1 aromatic carbocycles. The Morgan fingerprint density at radius 2 is 1.80 bits per heavy atom. The van der Waals surface area contributed by atoms with Gasteiger partial charge in [-0.2, -0.15) is 0 Å². The molecule has 1 aliphatic heterocycles. The Balaban J connectivity index is 1.75. The molecule has 3 atom stereocenters. The molecule has 2 fully saturated rings. The quantitative estimate of drug-likeness (QED) is 0.900. The number of benzene rings is 1. The molecule has 3 heteroatoms. The Morgan fingerprint density at radius 1 is 1.10 bits per heavy atom. The Hall–Kier alpha value is -1.35. The minimum atomic E-state index is -0.503. The zero-order valence-electron chi connectivity index (χ0n) is 12.0. The molecule has 1 aromatic rings. The summed E-state index contributed by atoms with van der Waals surface area (Å²) in [5.74, 6) is 0.831. The number of carbonyl (C=O) groups excluding carboxylic acids is 1. The lowest BCUT2D eigenvalue weighted by molar-refractivity contribution is -0.139. The van der Waals surface area contributed by atoms with Crippen LogP contribution in [0.4, 0.5) is 0 Å². The summed E-state index contributed by atoms with van der Waals surface area (Å²) in [6.45, 7) is 0.889. The maximum absolute atomic E-state index is 12.8. The third kappa shape index (κ3) is 2.59. The van der Waals surface area contributed by atoms with E-state index in [9.17, 15) is 4.79 Å². The van der Waals surface area contributed by atoms with E-state index in [-0.39, 0.29) is 5.91 Å². The van der Waals surface area contributed by atoms with E-state index >= 15 is 0 Å². The number of hydrogen-bond acceptors (Lipinski definition) is 2. The molecular formula is C17H24N2O. The normalized spacial score (nSPS) is 27.8. The van der Waals surface area contributed by atoms with Crippen molar-refractivity contribution in [2.24, 2.45) is 11.7 Å².